The number of fused-ring (bicyclic) bond motifs is 1. The van der Waals surface area contributed by atoms with Gasteiger partial charge in [0.05, 0.1) is 5.69 Å². The van der Waals surface area contributed by atoms with Crippen LogP contribution in [0.4, 0.5) is 5.82 Å². The minimum Gasteiger partial charge on any atom is -0.354 e. The van der Waals surface area contributed by atoms with Crippen molar-refractivity contribution in [2.24, 2.45) is 5.92 Å². The molecule has 1 aromatic rings. The Kier molecular flexibility index (Phi) is 5.14. The molecule has 3 heterocycles. The van der Waals surface area contributed by atoms with E-state index in [-0.39, 0.29) is 0 Å². The molecule has 130 valence electrons. The molecule has 2 fully saturated rings. The SMILES string of the molecule is C1=CC(CCN2CCCC2)CCc2nc(N3CCNCC3)ccc21. The number of rotatable bonds is 4. The molecule has 4 rings (SSSR count). The van der Waals surface area contributed by atoms with Gasteiger partial charge in [0.15, 0.2) is 0 Å². The second-order valence-electron chi connectivity index (χ2n) is 7.44. The lowest BCUT2D eigenvalue weighted by Crippen LogP contribution is -2.44. The van der Waals surface area contributed by atoms with E-state index in [9.17, 15) is 0 Å². The van der Waals surface area contributed by atoms with Gasteiger partial charge in [-0.3, -0.25) is 0 Å². The van der Waals surface area contributed by atoms with Crippen LogP contribution in [-0.2, 0) is 6.42 Å². The summed E-state index contributed by atoms with van der Waals surface area (Å²) < 4.78 is 0. The second-order valence-corrected chi connectivity index (χ2v) is 7.44. The predicted molar refractivity (Wildman–Crippen MR) is 100 cm³/mol. The van der Waals surface area contributed by atoms with Crippen LogP contribution >= 0.6 is 0 Å². The van der Waals surface area contributed by atoms with Gasteiger partial charge in [-0.25, -0.2) is 4.98 Å². The van der Waals surface area contributed by atoms with Gasteiger partial charge in [0.2, 0.25) is 0 Å². The number of anilines is 1. The number of allylic oxidation sites excluding steroid dienone is 1. The Hall–Kier alpha value is -1.39. The molecule has 0 radical (unpaired) electrons. The Balaban J connectivity index is 1.38. The van der Waals surface area contributed by atoms with Gasteiger partial charge < -0.3 is 15.1 Å². The Morgan fingerprint density at radius 1 is 1.08 bits per heavy atom. The van der Waals surface area contributed by atoms with Gasteiger partial charge in [-0.2, -0.15) is 0 Å². The number of pyridine rings is 1. The quantitative estimate of drug-likeness (QED) is 0.921. The van der Waals surface area contributed by atoms with Gasteiger partial charge in [-0.15, -0.1) is 0 Å². The highest BCUT2D eigenvalue weighted by Gasteiger charge is 2.18. The molecule has 1 unspecified atom stereocenters. The molecule has 1 N–H and O–H groups in total. The Labute approximate surface area is 145 Å². The average molecular weight is 326 g/mol. The molecular weight excluding hydrogens is 296 g/mol. The second kappa shape index (κ2) is 7.66. The van der Waals surface area contributed by atoms with Crippen LogP contribution in [0.1, 0.15) is 36.9 Å². The van der Waals surface area contributed by atoms with Crippen molar-refractivity contribution in [1.29, 1.82) is 0 Å². The first-order chi connectivity index (χ1) is 11.9. The number of nitrogens with one attached hydrogen (secondary N) is 1. The maximum absolute atomic E-state index is 5.01. The van der Waals surface area contributed by atoms with Crippen LogP contribution in [0.5, 0.6) is 0 Å². The number of nitrogens with zero attached hydrogens (tertiary/aromatic N) is 3. The predicted octanol–water partition coefficient (Wildman–Crippen LogP) is 2.55. The number of aromatic nitrogens is 1. The first-order valence-corrected chi connectivity index (χ1v) is 9.75. The van der Waals surface area contributed by atoms with Crippen LogP contribution in [-0.4, -0.2) is 55.7 Å². The summed E-state index contributed by atoms with van der Waals surface area (Å²) in [6.45, 7) is 8.16. The summed E-state index contributed by atoms with van der Waals surface area (Å²) in [5.41, 5.74) is 2.63. The number of piperazine rings is 1. The largest absolute Gasteiger partial charge is 0.354 e. The Morgan fingerprint density at radius 2 is 1.92 bits per heavy atom. The summed E-state index contributed by atoms with van der Waals surface area (Å²) >= 11 is 0. The van der Waals surface area contributed by atoms with Crippen molar-refractivity contribution in [3.05, 3.63) is 29.5 Å². The molecule has 2 saturated heterocycles. The molecule has 4 nitrogen and oxygen atoms in total. The van der Waals surface area contributed by atoms with Gasteiger partial charge >= 0.3 is 0 Å². The Bertz CT molecular complexity index is 571. The van der Waals surface area contributed by atoms with Crippen molar-refractivity contribution in [2.75, 3.05) is 50.7 Å². The smallest absolute Gasteiger partial charge is 0.128 e. The molecule has 0 bridgehead atoms. The van der Waals surface area contributed by atoms with E-state index in [2.05, 4.69) is 39.4 Å². The fourth-order valence-corrected chi connectivity index (χ4v) is 4.18. The highest BCUT2D eigenvalue weighted by atomic mass is 15.2. The van der Waals surface area contributed by atoms with Crippen LogP contribution in [0.3, 0.4) is 0 Å². The number of aryl methyl sites for hydroxylation is 1. The van der Waals surface area contributed by atoms with E-state index >= 15 is 0 Å². The first-order valence-electron chi connectivity index (χ1n) is 9.75. The summed E-state index contributed by atoms with van der Waals surface area (Å²) in [7, 11) is 0. The van der Waals surface area contributed by atoms with Crippen LogP contribution < -0.4 is 10.2 Å². The van der Waals surface area contributed by atoms with Crippen molar-refractivity contribution >= 4 is 11.9 Å². The normalized spacial score (nSPS) is 24.8. The molecule has 1 aromatic heterocycles. The summed E-state index contributed by atoms with van der Waals surface area (Å²) in [6.07, 6.45) is 11.2. The molecule has 0 aromatic carbocycles. The lowest BCUT2D eigenvalue weighted by Gasteiger charge is -2.28. The summed E-state index contributed by atoms with van der Waals surface area (Å²) in [5.74, 6) is 1.88. The number of hydrogen-bond acceptors (Lipinski definition) is 4. The van der Waals surface area contributed by atoms with Crippen molar-refractivity contribution in [1.82, 2.24) is 15.2 Å². The molecule has 4 heteroatoms. The lowest BCUT2D eigenvalue weighted by atomic mass is 9.99. The molecule has 0 amide bonds. The topological polar surface area (TPSA) is 31.4 Å². The van der Waals surface area contributed by atoms with Crippen molar-refractivity contribution in [2.45, 2.75) is 32.1 Å². The van der Waals surface area contributed by atoms with Crippen molar-refractivity contribution < 1.29 is 0 Å². The molecule has 0 saturated carbocycles. The minimum absolute atomic E-state index is 0.711. The van der Waals surface area contributed by atoms with E-state index in [0.717, 1.165) is 32.6 Å². The third-order valence-corrected chi connectivity index (χ3v) is 5.75. The molecule has 3 aliphatic rings. The zero-order valence-electron chi connectivity index (χ0n) is 14.7. The van der Waals surface area contributed by atoms with Crippen LogP contribution in [0.15, 0.2) is 18.2 Å². The maximum atomic E-state index is 5.01. The average Bonchev–Trinajstić information content (AvgIpc) is 3.07. The highest BCUT2D eigenvalue weighted by Crippen LogP contribution is 2.26. The van der Waals surface area contributed by atoms with Crippen LogP contribution in [0.2, 0.25) is 0 Å². The number of hydrogen-bond donors (Lipinski definition) is 1. The summed E-state index contributed by atoms with van der Waals surface area (Å²) in [5, 5.41) is 3.42. The van der Waals surface area contributed by atoms with Crippen molar-refractivity contribution in [3.8, 4) is 0 Å². The molecular formula is C20H30N4. The van der Waals surface area contributed by atoms with Crippen molar-refractivity contribution in [3.63, 3.8) is 0 Å². The molecule has 2 aliphatic heterocycles. The molecule has 1 aliphatic carbocycles. The van der Waals surface area contributed by atoms with E-state index in [0.29, 0.717) is 5.92 Å². The van der Waals surface area contributed by atoms with Gasteiger partial charge in [0, 0.05) is 26.2 Å². The van der Waals surface area contributed by atoms with E-state index in [1.807, 2.05) is 0 Å². The third-order valence-electron chi connectivity index (χ3n) is 5.75. The third kappa shape index (κ3) is 3.81. The summed E-state index contributed by atoms with van der Waals surface area (Å²) in [4.78, 5) is 10.0. The molecule has 1 atom stereocenters. The van der Waals surface area contributed by atoms with E-state index in [1.54, 1.807) is 0 Å². The minimum atomic E-state index is 0.711. The van der Waals surface area contributed by atoms with E-state index < -0.39 is 0 Å². The van der Waals surface area contributed by atoms with Crippen LogP contribution in [0.25, 0.3) is 6.08 Å². The Morgan fingerprint density at radius 3 is 2.75 bits per heavy atom. The van der Waals surface area contributed by atoms with Gasteiger partial charge in [-0.05, 0) is 75.4 Å². The van der Waals surface area contributed by atoms with E-state index in [1.165, 1.54) is 62.4 Å². The van der Waals surface area contributed by atoms with E-state index in [4.69, 9.17) is 4.98 Å². The standard InChI is InChI=1S/C20H30N4/c1-2-13-23(12-1)14-9-17-3-5-18-6-8-20(22-19(18)7-4-17)24-15-10-21-11-16-24/h3,5-6,8,17,21H,1-2,4,7,9-16H2. The summed E-state index contributed by atoms with van der Waals surface area (Å²) in [6, 6.07) is 4.48. The highest BCUT2D eigenvalue weighted by molar-refractivity contribution is 5.56. The lowest BCUT2D eigenvalue weighted by molar-refractivity contribution is 0.312. The maximum Gasteiger partial charge on any atom is 0.128 e. The molecule has 0 spiro atoms. The first kappa shape index (κ1) is 16.1. The van der Waals surface area contributed by atoms with Gasteiger partial charge in [0.1, 0.15) is 5.82 Å². The van der Waals surface area contributed by atoms with Gasteiger partial charge in [-0.1, -0.05) is 12.2 Å². The zero-order chi connectivity index (χ0) is 16.2. The molecule has 24 heavy (non-hydrogen) atoms. The number of likely N-dealkylation sites (tertiary alicyclic amines) is 1. The fraction of sp³-hybridized carbons (Fsp3) is 0.650. The van der Waals surface area contributed by atoms with Gasteiger partial charge in [0.25, 0.3) is 0 Å². The monoisotopic (exact) mass is 326 g/mol. The zero-order valence-corrected chi connectivity index (χ0v) is 14.7. The fourth-order valence-electron chi connectivity index (χ4n) is 4.18. The van der Waals surface area contributed by atoms with Crippen LogP contribution in [0, 0.1) is 5.92 Å².